The van der Waals surface area contributed by atoms with Crippen LogP contribution in [0.15, 0.2) is 12.5 Å². The lowest BCUT2D eigenvalue weighted by molar-refractivity contribution is 0.437. The normalized spacial score (nSPS) is 26.6. The molecule has 0 aromatic carbocycles. The molecule has 3 nitrogen and oxygen atoms in total. The summed E-state index contributed by atoms with van der Waals surface area (Å²) in [6.45, 7) is 4.34. The summed E-state index contributed by atoms with van der Waals surface area (Å²) >= 11 is 1.99. The molecule has 1 aromatic rings. The molecule has 1 fully saturated rings. The maximum absolute atomic E-state index is 6.25. The lowest BCUT2D eigenvalue weighted by atomic mass is 10.0. The van der Waals surface area contributed by atoms with Gasteiger partial charge in [-0.25, -0.2) is 4.98 Å². The van der Waals surface area contributed by atoms with Crippen LogP contribution < -0.4 is 5.73 Å². The van der Waals surface area contributed by atoms with Gasteiger partial charge in [-0.2, -0.15) is 11.8 Å². The van der Waals surface area contributed by atoms with E-state index >= 15 is 0 Å². The van der Waals surface area contributed by atoms with Crippen LogP contribution in [0.25, 0.3) is 0 Å². The van der Waals surface area contributed by atoms with Crippen molar-refractivity contribution < 1.29 is 0 Å². The van der Waals surface area contributed by atoms with E-state index in [-0.39, 0.29) is 6.04 Å². The van der Waals surface area contributed by atoms with Crippen molar-refractivity contribution in [3.8, 4) is 0 Å². The fraction of sp³-hybridized carbons (Fsp3) is 0.769. The van der Waals surface area contributed by atoms with Gasteiger partial charge in [-0.3, -0.25) is 0 Å². The molecule has 0 saturated heterocycles. The molecule has 1 aliphatic rings. The van der Waals surface area contributed by atoms with Crippen LogP contribution in [0.5, 0.6) is 0 Å². The predicted octanol–water partition coefficient (Wildman–Crippen LogP) is 3.00. The van der Waals surface area contributed by atoms with Gasteiger partial charge >= 0.3 is 0 Å². The number of hydrogen-bond donors (Lipinski definition) is 1. The van der Waals surface area contributed by atoms with Gasteiger partial charge in [-0.15, -0.1) is 0 Å². The van der Waals surface area contributed by atoms with Gasteiger partial charge in [-0.1, -0.05) is 13.8 Å². The minimum atomic E-state index is 0.103. The van der Waals surface area contributed by atoms with E-state index in [4.69, 9.17) is 5.73 Å². The number of aromatic nitrogens is 2. The topological polar surface area (TPSA) is 43.8 Å². The van der Waals surface area contributed by atoms with Crippen molar-refractivity contribution in [3.05, 3.63) is 18.2 Å². The zero-order valence-electron chi connectivity index (χ0n) is 11.0. The first-order chi connectivity index (χ1) is 8.13. The third-order valence-corrected chi connectivity index (χ3v) is 4.93. The molecule has 1 heterocycles. The van der Waals surface area contributed by atoms with Crippen molar-refractivity contribution in [2.45, 2.75) is 50.4 Å². The molecule has 0 bridgehead atoms. The average Bonchev–Trinajstić information content (AvgIpc) is 2.95. The monoisotopic (exact) mass is 253 g/mol. The Kier molecular flexibility index (Phi) is 4.15. The van der Waals surface area contributed by atoms with E-state index in [2.05, 4.69) is 29.7 Å². The molecular formula is C13H23N3S. The van der Waals surface area contributed by atoms with Gasteiger partial charge < -0.3 is 10.3 Å². The zero-order chi connectivity index (χ0) is 12.4. The fourth-order valence-electron chi connectivity index (χ4n) is 2.60. The highest BCUT2D eigenvalue weighted by Crippen LogP contribution is 2.37. The Hall–Kier alpha value is -0.480. The Balaban J connectivity index is 2.14. The number of thioether (sulfide) groups is 1. The largest absolute Gasteiger partial charge is 0.330 e. The quantitative estimate of drug-likeness (QED) is 0.897. The first-order valence-corrected chi connectivity index (χ1v) is 7.72. The molecule has 17 heavy (non-hydrogen) atoms. The van der Waals surface area contributed by atoms with Gasteiger partial charge in [0.15, 0.2) is 0 Å². The molecule has 0 aliphatic heterocycles. The highest BCUT2D eigenvalue weighted by molar-refractivity contribution is 7.99. The molecule has 3 atom stereocenters. The van der Waals surface area contributed by atoms with Gasteiger partial charge in [0.25, 0.3) is 0 Å². The molecule has 1 saturated carbocycles. The van der Waals surface area contributed by atoms with Gasteiger partial charge in [-0.05, 0) is 31.4 Å². The average molecular weight is 253 g/mol. The van der Waals surface area contributed by atoms with Crippen LogP contribution in [0, 0.1) is 5.92 Å². The Morgan fingerprint density at radius 2 is 2.24 bits per heavy atom. The smallest absolute Gasteiger partial charge is 0.0951 e. The zero-order valence-corrected chi connectivity index (χ0v) is 11.8. The van der Waals surface area contributed by atoms with E-state index < -0.39 is 0 Å². The van der Waals surface area contributed by atoms with Crippen LogP contribution in [0.4, 0.5) is 0 Å². The van der Waals surface area contributed by atoms with Crippen LogP contribution in [0.3, 0.4) is 0 Å². The van der Waals surface area contributed by atoms with E-state index in [9.17, 15) is 0 Å². The summed E-state index contributed by atoms with van der Waals surface area (Å²) in [5.41, 5.74) is 7.45. The number of nitrogens with two attached hydrogens (primary N) is 1. The maximum atomic E-state index is 6.25. The second-order valence-electron chi connectivity index (χ2n) is 5.32. The van der Waals surface area contributed by atoms with Crippen molar-refractivity contribution in [1.82, 2.24) is 9.55 Å². The molecule has 2 rings (SSSR count). The lowest BCUT2D eigenvalue weighted by Crippen LogP contribution is -2.22. The second-order valence-corrected chi connectivity index (χ2v) is 6.46. The van der Waals surface area contributed by atoms with Gasteiger partial charge in [0.05, 0.1) is 12.0 Å². The van der Waals surface area contributed by atoms with E-state index in [1.54, 1.807) is 0 Å². The molecule has 2 N–H and O–H groups in total. The molecule has 96 valence electrons. The standard InChI is InChI=1S/C13H23N3S/c1-9(2)13(14)12-7-15-8-16(12)10-4-5-11(6-10)17-3/h7-11,13H,4-6,14H2,1-3H3. The highest BCUT2D eigenvalue weighted by atomic mass is 32.2. The Morgan fingerprint density at radius 1 is 1.47 bits per heavy atom. The van der Waals surface area contributed by atoms with Crippen LogP contribution in [-0.2, 0) is 0 Å². The Morgan fingerprint density at radius 3 is 2.82 bits per heavy atom. The Bertz CT molecular complexity index is 361. The number of imidazole rings is 1. The molecule has 1 aliphatic carbocycles. The van der Waals surface area contributed by atoms with Crippen LogP contribution >= 0.6 is 11.8 Å². The first kappa shape index (κ1) is 13.0. The number of rotatable bonds is 4. The molecule has 4 heteroatoms. The third-order valence-electron chi connectivity index (χ3n) is 3.84. The van der Waals surface area contributed by atoms with Crippen molar-refractivity contribution in [2.75, 3.05) is 6.26 Å². The van der Waals surface area contributed by atoms with E-state index in [1.807, 2.05) is 24.3 Å². The lowest BCUT2D eigenvalue weighted by Gasteiger charge is -2.21. The van der Waals surface area contributed by atoms with Gasteiger partial charge in [0, 0.05) is 23.5 Å². The first-order valence-electron chi connectivity index (χ1n) is 6.43. The fourth-order valence-corrected chi connectivity index (χ4v) is 3.39. The molecule has 0 radical (unpaired) electrons. The summed E-state index contributed by atoms with van der Waals surface area (Å²) in [5, 5.41) is 0.811. The summed E-state index contributed by atoms with van der Waals surface area (Å²) in [6.07, 6.45) is 9.96. The van der Waals surface area contributed by atoms with Gasteiger partial charge in [0.1, 0.15) is 0 Å². The van der Waals surface area contributed by atoms with Crippen LogP contribution in [0.1, 0.15) is 50.9 Å². The number of hydrogen-bond acceptors (Lipinski definition) is 3. The number of nitrogens with zero attached hydrogens (tertiary/aromatic N) is 2. The predicted molar refractivity (Wildman–Crippen MR) is 74.2 cm³/mol. The van der Waals surface area contributed by atoms with Crippen molar-refractivity contribution >= 4 is 11.8 Å². The van der Waals surface area contributed by atoms with E-state index in [0.717, 1.165) is 5.25 Å². The highest BCUT2D eigenvalue weighted by Gasteiger charge is 2.27. The van der Waals surface area contributed by atoms with Gasteiger partial charge in [0.2, 0.25) is 0 Å². The summed E-state index contributed by atoms with van der Waals surface area (Å²) in [6, 6.07) is 0.709. The molecule has 3 unspecified atom stereocenters. The van der Waals surface area contributed by atoms with E-state index in [0.29, 0.717) is 12.0 Å². The van der Waals surface area contributed by atoms with Crippen LogP contribution in [0.2, 0.25) is 0 Å². The maximum Gasteiger partial charge on any atom is 0.0951 e. The summed E-state index contributed by atoms with van der Waals surface area (Å²) in [7, 11) is 0. The van der Waals surface area contributed by atoms with Crippen LogP contribution in [-0.4, -0.2) is 21.1 Å². The summed E-state index contributed by atoms with van der Waals surface area (Å²) in [5.74, 6) is 0.461. The van der Waals surface area contributed by atoms with Crippen molar-refractivity contribution in [3.63, 3.8) is 0 Å². The van der Waals surface area contributed by atoms with E-state index in [1.165, 1.54) is 25.0 Å². The van der Waals surface area contributed by atoms with Crippen molar-refractivity contribution in [2.24, 2.45) is 11.7 Å². The molecular weight excluding hydrogens is 230 g/mol. The SMILES string of the molecule is CSC1CCC(n2cncc2C(N)C(C)C)C1. The van der Waals surface area contributed by atoms with Crippen molar-refractivity contribution in [1.29, 1.82) is 0 Å². The summed E-state index contributed by atoms with van der Waals surface area (Å²) in [4.78, 5) is 4.30. The third kappa shape index (κ3) is 2.68. The molecule has 1 aromatic heterocycles. The minimum absolute atomic E-state index is 0.103. The summed E-state index contributed by atoms with van der Waals surface area (Å²) < 4.78 is 2.32. The molecule has 0 amide bonds. The molecule has 0 spiro atoms. The second kappa shape index (κ2) is 5.44. The Labute approximate surface area is 108 Å². The minimum Gasteiger partial charge on any atom is -0.330 e.